The first kappa shape index (κ1) is 11.1. The van der Waals surface area contributed by atoms with Crippen molar-refractivity contribution in [3.8, 4) is 11.5 Å². The minimum absolute atomic E-state index is 0.0734. The molecule has 0 amide bonds. The third kappa shape index (κ3) is 1.83. The van der Waals surface area contributed by atoms with Crippen molar-refractivity contribution < 1.29 is 14.6 Å². The Morgan fingerprint density at radius 1 is 1.22 bits per heavy atom. The summed E-state index contributed by atoms with van der Waals surface area (Å²) < 4.78 is 11.0. The first-order valence-electron chi connectivity index (χ1n) is 5.85. The molecule has 0 spiro atoms. The molecule has 0 fully saturated rings. The Morgan fingerprint density at radius 2 is 2.11 bits per heavy atom. The average Bonchev–Trinajstić information content (AvgIpc) is 2.81. The number of hydrogen-bond acceptors (Lipinski definition) is 3. The van der Waals surface area contributed by atoms with Gasteiger partial charge >= 0.3 is 0 Å². The maximum atomic E-state index is 9.46. The molecule has 18 heavy (non-hydrogen) atoms. The highest BCUT2D eigenvalue weighted by molar-refractivity contribution is 5.43. The third-order valence-electron chi connectivity index (χ3n) is 3.21. The fraction of sp³-hybridized carbons (Fsp3) is 0.200. The largest absolute Gasteiger partial charge is 0.508 e. The molecule has 3 nitrogen and oxygen atoms in total. The maximum absolute atomic E-state index is 9.46. The molecular formula is C15H14O3. The summed E-state index contributed by atoms with van der Waals surface area (Å²) in [5.74, 6) is 1.10. The smallest absolute Gasteiger partial charge is 0.119 e. The van der Waals surface area contributed by atoms with E-state index in [1.165, 1.54) is 0 Å². The van der Waals surface area contributed by atoms with Crippen LogP contribution in [0.15, 0.2) is 42.5 Å². The fourth-order valence-electron chi connectivity index (χ4n) is 2.32. The molecular weight excluding hydrogens is 228 g/mol. The summed E-state index contributed by atoms with van der Waals surface area (Å²) in [4.78, 5) is 0. The average molecular weight is 242 g/mol. The van der Waals surface area contributed by atoms with Crippen LogP contribution < -0.4 is 4.74 Å². The van der Waals surface area contributed by atoms with Crippen molar-refractivity contribution >= 4 is 0 Å². The summed E-state index contributed by atoms with van der Waals surface area (Å²) in [7, 11) is 1.65. The van der Waals surface area contributed by atoms with Gasteiger partial charge in [-0.3, -0.25) is 0 Å². The zero-order valence-electron chi connectivity index (χ0n) is 10.1. The zero-order valence-corrected chi connectivity index (χ0v) is 10.1. The van der Waals surface area contributed by atoms with Gasteiger partial charge in [0.2, 0.25) is 0 Å². The van der Waals surface area contributed by atoms with E-state index < -0.39 is 0 Å². The molecule has 1 atom stereocenters. The van der Waals surface area contributed by atoms with Crippen LogP contribution in [-0.2, 0) is 11.3 Å². The minimum atomic E-state index is -0.0734. The van der Waals surface area contributed by atoms with Crippen LogP contribution in [0.2, 0.25) is 0 Å². The number of phenols is 1. The second kappa shape index (κ2) is 4.35. The van der Waals surface area contributed by atoms with Gasteiger partial charge in [0.15, 0.2) is 0 Å². The lowest BCUT2D eigenvalue weighted by Crippen LogP contribution is -1.98. The van der Waals surface area contributed by atoms with Crippen molar-refractivity contribution in [3.05, 3.63) is 59.2 Å². The van der Waals surface area contributed by atoms with E-state index in [2.05, 4.69) is 0 Å². The lowest BCUT2D eigenvalue weighted by molar-refractivity contribution is 0.0937. The lowest BCUT2D eigenvalue weighted by atomic mass is 9.99. The number of rotatable bonds is 2. The van der Waals surface area contributed by atoms with Crippen LogP contribution in [-0.4, -0.2) is 12.2 Å². The van der Waals surface area contributed by atoms with E-state index in [-0.39, 0.29) is 11.9 Å². The monoisotopic (exact) mass is 242 g/mol. The van der Waals surface area contributed by atoms with E-state index in [0.29, 0.717) is 6.61 Å². The highest BCUT2D eigenvalue weighted by Crippen LogP contribution is 2.38. The minimum Gasteiger partial charge on any atom is -0.508 e. The molecule has 2 aromatic rings. The summed E-state index contributed by atoms with van der Waals surface area (Å²) in [6, 6.07) is 13.2. The third-order valence-corrected chi connectivity index (χ3v) is 3.21. The van der Waals surface area contributed by atoms with Crippen LogP contribution in [0.3, 0.4) is 0 Å². The summed E-state index contributed by atoms with van der Waals surface area (Å²) in [5.41, 5.74) is 3.22. The van der Waals surface area contributed by atoms with E-state index in [9.17, 15) is 5.11 Å². The van der Waals surface area contributed by atoms with E-state index in [0.717, 1.165) is 22.4 Å². The highest BCUT2D eigenvalue weighted by Gasteiger charge is 2.25. The van der Waals surface area contributed by atoms with Gasteiger partial charge in [-0.15, -0.1) is 0 Å². The zero-order chi connectivity index (χ0) is 12.5. The Kier molecular flexibility index (Phi) is 2.68. The molecule has 3 heteroatoms. The molecule has 1 unspecified atom stereocenters. The van der Waals surface area contributed by atoms with E-state index in [1.54, 1.807) is 19.2 Å². The molecule has 92 valence electrons. The van der Waals surface area contributed by atoms with Gasteiger partial charge in [-0.25, -0.2) is 0 Å². The van der Waals surface area contributed by atoms with Gasteiger partial charge in [0, 0.05) is 0 Å². The van der Waals surface area contributed by atoms with Crippen molar-refractivity contribution in [1.82, 2.24) is 0 Å². The Labute approximate surface area is 106 Å². The SMILES string of the molecule is COc1cccc(C2OCc3cc(O)ccc32)c1. The number of methoxy groups -OCH3 is 1. The van der Waals surface area contributed by atoms with Crippen molar-refractivity contribution in [1.29, 1.82) is 0 Å². The van der Waals surface area contributed by atoms with Crippen LogP contribution in [0.1, 0.15) is 22.8 Å². The van der Waals surface area contributed by atoms with E-state index in [1.807, 2.05) is 30.3 Å². The topological polar surface area (TPSA) is 38.7 Å². The van der Waals surface area contributed by atoms with Gasteiger partial charge in [-0.05, 0) is 41.0 Å². The molecule has 0 saturated carbocycles. The van der Waals surface area contributed by atoms with Crippen LogP contribution in [0.4, 0.5) is 0 Å². The molecule has 1 N–H and O–H groups in total. The van der Waals surface area contributed by atoms with E-state index in [4.69, 9.17) is 9.47 Å². The number of phenolic OH excluding ortho intramolecular Hbond substituents is 1. The number of ether oxygens (including phenoxy) is 2. The van der Waals surface area contributed by atoms with Crippen molar-refractivity contribution in [3.63, 3.8) is 0 Å². The molecule has 1 aliphatic heterocycles. The van der Waals surface area contributed by atoms with Gasteiger partial charge in [-0.1, -0.05) is 18.2 Å². The number of fused-ring (bicyclic) bond motifs is 1. The van der Waals surface area contributed by atoms with Crippen LogP contribution in [0.5, 0.6) is 11.5 Å². The number of benzene rings is 2. The molecule has 2 aromatic carbocycles. The highest BCUT2D eigenvalue weighted by atomic mass is 16.5. The van der Waals surface area contributed by atoms with Crippen molar-refractivity contribution in [2.75, 3.05) is 7.11 Å². The van der Waals surface area contributed by atoms with Crippen LogP contribution in [0.25, 0.3) is 0 Å². The Balaban J connectivity index is 2.00. The number of hydrogen-bond donors (Lipinski definition) is 1. The van der Waals surface area contributed by atoms with Crippen LogP contribution >= 0.6 is 0 Å². The molecule has 1 heterocycles. The molecule has 3 rings (SSSR count). The second-order valence-electron chi connectivity index (χ2n) is 4.35. The van der Waals surface area contributed by atoms with E-state index >= 15 is 0 Å². The second-order valence-corrected chi connectivity index (χ2v) is 4.35. The summed E-state index contributed by atoms with van der Waals surface area (Å²) >= 11 is 0. The predicted molar refractivity (Wildman–Crippen MR) is 67.7 cm³/mol. The van der Waals surface area contributed by atoms with Gasteiger partial charge in [0.1, 0.15) is 17.6 Å². The van der Waals surface area contributed by atoms with Gasteiger partial charge in [0.25, 0.3) is 0 Å². The first-order valence-corrected chi connectivity index (χ1v) is 5.85. The van der Waals surface area contributed by atoms with Gasteiger partial charge < -0.3 is 14.6 Å². The molecule has 0 aliphatic carbocycles. The number of aromatic hydroxyl groups is 1. The normalized spacial score (nSPS) is 17.5. The lowest BCUT2D eigenvalue weighted by Gasteiger charge is -2.12. The fourth-order valence-corrected chi connectivity index (χ4v) is 2.32. The Bertz CT molecular complexity index is 578. The predicted octanol–water partition coefficient (Wildman–Crippen LogP) is 3.02. The van der Waals surface area contributed by atoms with Crippen LogP contribution in [0, 0.1) is 0 Å². The van der Waals surface area contributed by atoms with Gasteiger partial charge in [-0.2, -0.15) is 0 Å². The molecule has 0 aromatic heterocycles. The summed E-state index contributed by atoms with van der Waals surface area (Å²) in [6.07, 6.45) is -0.0734. The molecule has 0 saturated heterocycles. The van der Waals surface area contributed by atoms with Crippen molar-refractivity contribution in [2.45, 2.75) is 12.7 Å². The quantitative estimate of drug-likeness (QED) is 0.879. The molecule has 0 bridgehead atoms. The molecule has 0 radical (unpaired) electrons. The summed E-state index contributed by atoms with van der Waals surface area (Å²) in [5, 5.41) is 9.46. The maximum Gasteiger partial charge on any atom is 0.119 e. The molecule has 1 aliphatic rings. The Hall–Kier alpha value is -2.00. The van der Waals surface area contributed by atoms with Crippen molar-refractivity contribution in [2.24, 2.45) is 0 Å². The van der Waals surface area contributed by atoms with Gasteiger partial charge in [0.05, 0.1) is 13.7 Å². The standard InChI is InChI=1S/C15H14O3/c1-17-13-4-2-3-10(8-13)15-14-6-5-12(16)7-11(14)9-18-15/h2-8,15-16H,9H2,1H3. The Morgan fingerprint density at radius 3 is 2.94 bits per heavy atom. The first-order chi connectivity index (χ1) is 8.78. The summed E-state index contributed by atoms with van der Waals surface area (Å²) in [6.45, 7) is 0.533.